The normalized spacial score (nSPS) is 10.4. The summed E-state index contributed by atoms with van der Waals surface area (Å²) in [5, 5.41) is 16.2. The van der Waals surface area contributed by atoms with E-state index >= 15 is 0 Å². The predicted molar refractivity (Wildman–Crippen MR) is 71.3 cm³/mol. The number of likely N-dealkylation sites (N-methyl/N-ethyl adjacent to an activating group) is 1. The number of aromatic carboxylic acids is 1. The Labute approximate surface area is 111 Å². The average molecular weight is 260 g/mol. The standard InChI is InChI=1S/C13H16N4O2/c1-2-16(11-6-4-3-5-7-11)8-9-17-10-12(13(18)19)14-15-17/h3-7,10H,2,8-9H2,1H3,(H,18,19). The quantitative estimate of drug-likeness (QED) is 0.852. The fourth-order valence-corrected chi connectivity index (χ4v) is 1.84. The van der Waals surface area contributed by atoms with Crippen LogP contribution in [-0.2, 0) is 6.54 Å². The van der Waals surface area contributed by atoms with Crippen molar-refractivity contribution in [2.24, 2.45) is 0 Å². The molecule has 0 atom stereocenters. The second kappa shape index (κ2) is 5.99. The van der Waals surface area contributed by atoms with Gasteiger partial charge >= 0.3 is 5.97 Å². The highest BCUT2D eigenvalue weighted by Crippen LogP contribution is 2.12. The van der Waals surface area contributed by atoms with Gasteiger partial charge in [-0.3, -0.25) is 0 Å². The van der Waals surface area contributed by atoms with E-state index in [1.165, 1.54) is 6.20 Å². The smallest absolute Gasteiger partial charge is 0.358 e. The second-order valence-electron chi connectivity index (χ2n) is 4.09. The van der Waals surface area contributed by atoms with Gasteiger partial charge in [0.25, 0.3) is 0 Å². The number of nitrogens with zero attached hydrogens (tertiary/aromatic N) is 4. The van der Waals surface area contributed by atoms with Crippen molar-refractivity contribution < 1.29 is 9.90 Å². The van der Waals surface area contributed by atoms with Gasteiger partial charge in [-0.25, -0.2) is 9.48 Å². The lowest BCUT2D eigenvalue weighted by Gasteiger charge is -2.22. The van der Waals surface area contributed by atoms with E-state index in [1.54, 1.807) is 4.68 Å². The molecule has 19 heavy (non-hydrogen) atoms. The van der Waals surface area contributed by atoms with Gasteiger partial charge in [0.2, 0.25) is 0 Å². The molecule has 0 saturated carbocycles. The number of anilines is 1. The summed E-state index contributed by atoms with van der Waals surface area (Å²) < 4.78 is 1.55. The maximum absolute atomic E-state index is 10.7. The van der Waals surface area contributed by atoms with Gasteiger partial charge in [0.15, 0.2) is 5.69 Å². The van der Waals surface area contributed by atoms with Crippen LogP contribution in [0.25, 0.3) is 0 Å². The summed E-state index contributed by atoms with van der Waals surface area (Å²) in [4.78, 5) is 12.9. The third kappa shape index (κ3) is 3.31. The zero-order valence-electron chi connectivity index (χ0n) is 10.7. The van der Waals surface area contributed by atoms with E-state index in [9.17, 15) is 4.79 Å². The molecule has 0 aliphatic carbocycles. The number of para-hydroxylation sites is 1. The van der Waals surface area contributed by atoms with Crippen LogP contribution in [0.2, 0.25) is 0 Å². The number of carbonyl (C=O) groups is 1. The molecule has 6 nitrogen and oxygen atoms in total. The van der Waals surface area contributed by atoms with Crippen LogP contribution in [0.4, 0.5) is 5.69 Å². The summed E-state index contributed by atoms with van der Waals surface area (Å²) in [6.07, 6.45) is 1.45. The summed E-state index contributed by atoms with van der Waals surface area (Å²) >= 11 is 0. The Morgan fingerprint density at radius 2 is 2.11 bits per heavy atom. The van der Waals surface area contributed by atoms with Gasteiger partial charge in [0, 0.05) is 18.8 Å². The molecule has 0 aliphatic heterocycles. The summed E-state index contributed by atoms with van der Waals surface area (Å²) in [6, 6.07) is 10.1. The van der Waals surface area contributed by atoms with E-state index in [2.05, 4.69) is 22.1 Å². The van der Waals surface area contributed by atoms with Crippen molar-refractivity contribution in [1.82, 2.24) is 15.0 Å². The lowest BCUT2D eigenvalue weighted by Crippen LogP contribution is -2.27. The number of hydrogen-bond acceptors (Lipinski definition) is 4. The summed E-state index contributed by atoms with van der Waals surface area (Å²) in [5.41, 5.74) is 1.12. The number of carboxylic acids is 1. The summed E-state index contributed by atoms with van der Waals surface area (Å²) in [6.45, 7) is 4.31. The zero-order chi connectivity index (χ0) is 13.7. The molecule has 1 heterocycles. The van der Waals surface area contributed by atoms with Crippen molar-refractivity contribution in [3.05, 3.63) is 42.2 Å². The molecule has 1 aromatic carbocycles. The molecular weight excluding hydrogens is 244 g/mol. The van der Waals surface area contributed by atoms with Crippen molar-refractivity contribution in [2.45, 2.75) is 13.5 Å². The first-order chi connectivity index (χ1) is 9.20. The molecule has 2 rings (SSSR count). The van der Waals surface area contributed by atoms with Crippen LogP contribution in [-0.4, -0.2) is 39.2 Å². The van der Waals surface area contributed by atoms with Crippen LogP contribution in [0.1, 0.15) is 17.4 Å². The number of benzene rings is 1. The predicted octanol–water partition coefficient (Wildman–Crippen LogP) is 1.50. The summed E-state index contributed by atoms with van der Waals surface area (Å²) in [7, 11) is 0. The van der Waals surface area contributed by atoms with Crippen LogP contribution in [0.5, 0.6) is 0 Å². The second-order valence-corrected chi connectivity index (χ2v) is 4.09. The van der Waals surface area contributed by atoms with Gasteiger partial charge in [0.05, 0.1) is 12.7 Å². The van der Waals surface area contributed by atoms with Crippen LogP contribution in [0.3, 0.4) is 0 Å². The topological polar surface area (TPSA) is 71.2 Å². The van der Waals surface area contributed by atoms with Crippen LogP contribution < -0.4 is 4.90 Å². The van der Waals surface area contributed by atoms with E-state index in [0.717, 1.165) is 18.8 Å². The minimum absolute atomic E-state index is 0.0252. The Kier molecular flexibility index (Phi) is 4.12. The molecule has 100 valence electrons. The van der Waals surface area contributed by atoms with Crippen molar-refractivity contribution in [3.8, 4) is 0 Å². The number of hydrogen-bond donors (Lipinski definition) is 1. The maximum Gasteiger partial charge on any atom is 0.358 e. The van der Waals surface area contributed by atoms with E-state index in [-0.39, 0.29) is 5.69 Å². The fourth-order valence-electron chi connectivity index (χ4n) is 1.84. The van der Waals surface area contributed by atoms with E-state index in [0.29, 0.717) is 6.54 Å². The molecule has 0 aliphatic rings. The van der Waals surface area contributed by atoms with Gasteiger partial charge < -0.3 is 10.0 Å². The molecule has 1 aromatic heterocycles. The third-order valence-electron chi connectivity index (χ3n) is 2.86. The van der Waals surface area contributed by atoms with Gasteiger partial charge in [0.1, 0.15) is 0 Å². The van der Waals surface area contributed by atoms with Gasteiger partial charge in [-0.1, -0.05) is 23.4 Å². The number of aromatic nitrogens is 3. The van der Waals surface area contributed by atoms with Crippen molar-refractivity contribution >= 4 is 11.7 Å². The molecule has 2 aromatic rings. The molecule has 0 saturated heterocycles. The minimum atomic E-state index is -1.05. The van der Waals surface area contributed by atoms with E-state index < -0.39 is 5.97 Å². The first-order valence-electron chi connectivity index (χ1n) is 6.14. The Balaban J connectivity index is 1.98. The number of carboxylic acid groups (broad SMARTS) is 1. The molecule has 0 bridgehead atoms. The highest BCUT2D eigenvalue weighted by atomic mass is 16.4. The lowest BCUT2D eigenvalue weighted by atomic mass is 10.3. The van der Waals surface area contributed by atoms with E-state index in [1.807, 2.05) is 30.3 Å². The Hall–Kier alpha value is -2.37. The Morgan fingerprint density at radius 1 is 1.37 bits per heavy atom. The molecule has 0 unspecified atom stereocenters. The largest absolute Gasteiger partial charge is 0.476 e. The zero-order valence-corrected chi connectivity index (χ0v) is 10.7. The van der Waals surface area contributed by atoms with Crippen molar-refractivity contribution in [2.75, 3.05) is 18.0 Å². The van der Waals surface area contributed by atoms with Crippen molar-refractivity contribution in [1.29, 1.82) is 0 Å². The van der Waals surface area contributed by atoms with Crippen molar-refractivity contribution in [3.63, 3.8) is 0 Å². The first kappa shape index (κ1) is 13.1. The molecular formula is C13H16N4O2. The van der Waals surface area contributed by atoms with Crippen LogP contribution >= 0.6 is 0 Å². The van der Waals surface area contributed by atoms with Gasteiger partial charge in [-0.05, 0) is 19.1 Å². The van der Waals surface area contributed by atoms with E-state index in [4.69, 9.17) is 5.11 Å². The van der Waals surface area contributed by atoms with Gasteiger partial charge in [-0.15, -0.1) is 5.10 Å². The fraction of sp³-hybridized carbons (Fsp3) is 0.308. The molecule has 0 amide bonds. The van der Waals surface area contributed by atoms with Crippen LogP contribution in [0, 0.1) is 0 Å². The molecule has 6 heteroatoms. The first-order valence-corrected chi connectivity index (χ1v) is 6.14. The highest BCUT2D eigenvalue weighted by Gasteiger charge is 2.09. The summed E-state index contributed by atoms with van der Waals surface area (Å²) in [5.74, 6) is -1.05. The maximum atomic E-state index is 10.7. The molecule has 0 radical (unpaired) electrons. The van der Waals surface area contributed by atoms with Gasteiger partial charge in [-0.2, -0.15) is 0 Å². The molecule has 0 fully saturated rings. The highest BCUT2D eigenvalue weighted by molar-refractivity contribution is 5.84. The third-order valence-corrected chi connectivity index (χ3v) is 2.86. The Bertz CT molecular complexity index is 539. The monoisotopic (exact) mass is 260 g/mol. The lowest BCUT2D eigenvalue weighted by molar-refractivity contribution is 0.0690. The Morgan fingerprint density at radius 3 is 2.68 bits per heavy atom. The average Bonchev–Trinajstić information content (AvgIpc) is 2.90. The number of rotatable bonds is 6. The molecule has 1 N–H and O–H groups in total. The SMILES string of the molecule is CCN(CCn1cc(C(=O)O)nn1)c1ccccc1. The minimum Gasteiger partial charge on any atom is -0.476 e. The molecule has 0 spiro atoms. The van der Waals surface area contributed by atoms with Crippen LogP contribution in [0.15, 0.2) is 36.5 Å².